The van der Waals surface area contributed by atoms with Gasteiger partial charge in [0.25, 0.3) is 0 Å². The van der Waals surface area contributed by atoms with Crippen molar-refractivity contribution in [1.82, 2.24) is 0 Å². The van der Waals surface area contributed by atoms with E-state index < -0.39 is 0 Å². The van der Waals surface area contributed by atoms with E-state index in [1.165, 1.54) is 33.4 Å². The molecule has 124 valence electrons. The van der Waals surface area contributed by atoms with Crippen LogP contribution in [0.5, 0.6) is 0 Å². The molecule has 0 aromatic heterocycles. The minimum Gasteiger partial charge on any atom is -0.399 e. The predicted molar refractivity (Wildman–Crippen MR) is 102 cm³/mol. The van der Waals surface area contributed by atoms with E-state index in [0.717, 1.165) is 30.6 Å². The Balaban J connectivity index is 2.60. The number of hydrogen-bond acceptors (Lipinski definition) is 2. The number of nitrogens with two attached hydrogens (primary N) is 2. The van der Waals surface area contributed by atoms with Crippen molar-refractivity contribution < 1.29 is 0 Å². The zero-order valence-electron chi connectivity index (χ0n) is 15.2. The average Bonchev–Trinajstić information content (AvgIpc) is 2.49. The highest BCUT2D eigenvalue weighted by atomic mass is 14.5. The van der Waals surface area contributed by atoms with E-state index in [9.17, 15) is 0 Å². The Morgan fingerprint density at radius 1 is 0.826 bits per heavy atom. The van der Waals surface area contributed by atoms with Gasteiger partial charge in [0.1, 0.15) is 0 Å². The second-order valence-electron chi connectivity index (χ2n) is 6.76. The van der Waals surface area contributed by atoms with Gasteiger partial charge in [0.05, 0.1) is 0 Å². The molecule has 0 atom stereocenters. The van der Waals surface area contributed by atoms with Crippen LogP contribution < -0.4 is 11.5 Å². The number of hydrogen-bond donors (Lipinski definition) is 2. The van der Waals surface area contributed by atoms with Crippen LogP contribution in [0.1, 0.15) is 67.0 Å². The molecule has 2 aromatic rings. The third-order valence-electron chi connectivity index (χ3n) is 4.72. The van der Waals surface area contributed by atoms with Gasteiger partial charge in [-0.1, -0.05) is 27.7 Å². The van der Waals surface area contributed by atoms with Crippen LogP contribution in [0.2, 0.25) is 0 Å². The summed E-state index contributed by atoms with van der Waals surface area (Å²) < 4.78 is 0. The molecule has 0 aliphatic heterocycles. The Bertz CT molecular complexity index is 674. The first kappa shape index (κ1) is 17.4. The van der Waals surface area contributed by atoms with Gasteiger partial charge in [-0.05, 0) is 89.8 Å². The maximum atomic E-state index is 6.08. The van der Waals surface area contributed by atoms with Crippen molar-refractivity contribution in [3.63, 3.8) is 0 Å². The summed E-state index contributed by atoms with van der Waals surface area (Å²) in [5.74, 6) is 0.469. The molecule has 23 heavy (non-hydrogen) atoms. The zero-order chi connectivity index (χ0) is 17.1. The van der Waals surface area contributed by atoms with E-state index in [-0.39, 0.29) is 0 Å². The zero-order valence-corrected chi connectivity index (χ0v) is 15.2. The van der Waals surface area contributed by atoms with Crippen LogP contribution in [0.25, 0.3) is 0 Å². The van der Waals surface area contributed by atoms with Crippen molar-refractivity contribution in [2.24, 2.45) is 0 Å². The fraction of sp³-hybridized carbons (Fsp3) is 0.429. The highest BCUT2D eigenvalue weighted by molar-refractivity contribution is 5.55. The molecule has 2 heteroatoms. The Kier molecular flexibility index (Phi) is 5.35. The van der Waals surface area contributed by atoms with Crippen LogP contribution in [-0.2, 0) is 19.3 Å². The van der Waals surface area contributed by atoms with Gasteiger partial charge in [-0.25, -0.2) is 0 Å². The van der Waals surface area contributed by atoms with Crippen LogP contribution in [0.4, 0.5) is 11.4 Å². The summed E-state index contributed by atoms with van der Waals surface area (Å²) in [6.07, 6.45) is 2.99. The molecule has 0 fully saturated rings. The van der Waals surface area contributed by atoms with Crippen molar-refractivity contribution in [2.75, 3.05) is 11.5 Å². The lowest BCUT2D eigenvalue weighted by molar-refractivity contribution is 0.841. The number of benzene rings is 2. The monoisotopic (exact) mass is 310 g/mol. The van der Waals surface area contributed by atoms with Gasteiger partial charge in [0.15, 0.2) is 0 Å². The van der Waals surface area contributed by atoms with Crippen LogP contribution in [0.15, 0.2) is 24.3 Å². The van der Waals surface area contributed by atoms with Crippen molar-refractivity contribution in [1.29, 1.82) is 0 Å². The smallest absolute Gasteiger partial charge is 0.0319 e. The SMILES string of the molecule is CCc1cc(N)cc(CC)c1Cc1c(C)cc(N)cc1C(C)C. The Morgan fingerprint density at radius 2 is 1.35 bits per heavy atom. The second kappa shape index (κ2) is 7.08. The van der Waals surface area contributed by atoms with Crippen LogP contribution in [-0.4, -0.2) is 0 Å². The van der Waals surface area contributed by atoms with E-state index in [2.05, 4.69) is 58.9 Å². The Hall–Kier alpha value is -1.96. The first-order chi connectivity index (χ1) is 10.9. The normalized spacial score (nSPS) is 11.2. The molecule has 2 aromatic carbocycles. The minimum atomic E-state index is 0.469. The highest BCUT2D eigenvalue weighted by Crippen LogP contribution is 2.31. The lowest BCUT2D eigenvalue weighted by Gasteiger charge is -2.20. The standard InChI is InChI=1S/C21H30N2/c1-6-15-9-18(23)10-16(7-2)21(15)12-20-14(5)8-17(22)11-19(20)13(3)4/h8-11,13H,6-7,12,22-23H2,1-5H3. The van der Waals surface area contributed by atoms with E-state index in [1.54, 1.807) is 0 Å². The van der Waals surface area contributed by atoms with Crippen molar-refractivity contribution in [2.45, 2.75) is 59.8 Å². The quantitative estimate of drug-likeness (QED) is 0.764. The van der Waals surface area contributed by atoms with Gasteiger partial charge in [0, 0.05) is 11.4 Å². The molecular weight excluding hydrogens is 280 g/mol. The summed E-state index contributed by atoms with van der Waals surface area (Å²) in [6.45, 7) is 11.1. The van der Waals surface area contributed by atoms with Crippen molar-refractivity contribution in [3.8, 4) is 0 Å². The third-order valence-corrected chi connectivity index (χ3v) is 4.72. The molecule has 0 bridgehead atoms. The summed E-state index contributed by atoms with van der Waals surface area (Å²) >= 11 is 0. The van der Waals surface area contributed by atoms with Gasteiger partial charge >= 0.3 is 0 Å². The summed E-state index contributed by atoms with van der Waals surface area (Å²) in [5.41, 5.74) is 22.1. The fourth-order valence-corrected chi connectivity index (χ4v) is 3.49. The molecule has 0 unspecified atom stereocenters. The van der Waals surface area contributed by atoms with Gasteiger partial charge in [0.2, 0.25) is 0 Å². The van der Waals surface area contributed by atoms with Gasteiger partial charge in [-0.2, -0.15) is 0 Å². The third kappa shape index (κ3) is 3.69. The molecule has 0 aliphatic rings. The molecule has 0 heterocycles. The van der Waals surface area contributed by atoms with Gasteiger partial charge < -0.3 is 11.5 Å². The average molecular weight is 310 g/mol. The summed E-state index contributed by atoms with van der Waals surface area (Å²) in [6, 6.07) is 8.50. The Morgan fingerprint density at radius 3 is 1.83 bits per heavy atom. The Labute approximate surface area is 140 Å². The fourth-order valence-electron chi connectivity index (χ4n) is 3.49. The minimum absolute atomic E-state index is 0.469. The summed E-state index contributed by atoms with van der Waals surface area (Å²) in [4.78, 5) is 0. The number of nitrogen functional groups attached to an aromatic ring is 2. The van der Waals surface area contributed by atoms with Crippen molar-refractivity contribution >= 4 is 11.4 Å². The molecule has 4 N–H and O–H groups in total. The molecule has 0 aliphatic carbocycles. The molecule has 0 saturated carbocycles. The predicted octanol–water partition coefficient (Wildman–Crippen LogP) is 5.00. The van der Waals surface area contributed by atoms with E-state index in [0.29, 0.717) is 5.92 Å². The number of aryl methyl sites for hydroxylation is 3. The highest BCUT2D eigenvalue weighted by Gasteiger charge is 2.15. The summed E-state index contributed by atoms with van der Waals surface area (Å²) in [5, 5.41) is 0. The topological polar surface area (TPSA) is 52.0 Å². The number of rotatable bonds is 5. The first-order valence-corrected chi connectivity index (χ1v) is 8.66. The summed E-state index contributed by atoms with van der Waals surface area (Å²) in [7, 11) is 0. The molecule has 2 rings (SSSR count). The number of anilines is 2. The van der Waals surface area contributed by atoms with Crippen LogP contribution in [0.3, 0.4) is 0 Å². The molecule has 2 nitrogen and oxygen atoms in total. The van der Waals surface area contributed by atoms with Gasteiger partial charge in [-0.3, -0.25) is 0 Å². The molecule has 0 spiro atoms. The maximum absolute atomic E-state index is 6.08. The molecule has 0 radical (unpaired) electrons. The van der Waals surface area contributed by atoms with E-state index >= 15 is 0 Å². The second-order valence-corrected chi connectivity index (χ2v) is 6.76. The van der Waals surface area contributed by atoms with Crippen molar-refractivity contribution in [3.05, 3.63) is 57.6 Å². The van der Waals surface area contributed by atoms with E-state index in [1.807, 2.05) is 0 Å². The molecule has 0 amide bonds. The molecular formula is C21H30N2. The maximum Gasteiger partial charge on any atom is 0.0319 e. The lowest BCUT2D eigenvalue weighted by Crippen LogP contribution is -2.07. The largest absolute Gasteiger partial charge is 0.399 e. The first-order valence-electron chi connectivity index (χ1n) is 8.66. The molecule has 0 saturated heterocycles. The van der Waals surface area contributed by atoms with Crippen LogP contribution in [0, 0.1) is 6.92 Å². The van der Waals surface area contributed by atoms with Crippen LogP contribution >= 0.6 is 0 Å². The van der Waals surface area contributed by atoms with E-state index in [4.69, 9.17) is 11.5 Å². The lowest BCUT2D eigenvalue weighted by atomic mass is 9.85. The van der Waals surface area contributed by atoms with Gasteiger partial charge in [-0.15, -0.1) is 0 Å².